The summed E-state index contributed by atoms with van der Waals surface area (Å²) in [6.45, 7) is 2.26. The molecule has 1 nitrogen and oxygen atoms in total. The van der Waals surface area contributed by atoms with Crippen LogP contribution in [0.1, 0.15) is 51.9 Å². The Hall–Kier alpha value is 0.310. The lowest BCUT2D eigenvalue weighted by atomic mass is 9.75. The van der Waals surface area contributed by atoms with Gasteiger partial charge in [0.1, 0.15) is 0 Å². The maximum Gasteiger partial charge on any atom is 0.0283 e. The van der Waals surface area contributed by atoms with E-state index in [4.69, 9.17) is 12.6 Å². The molecule has 0 aromatic carbocycles. The van der Waals surface area contributed by atoms with Gasteiger partial charge in [0.2, 0.25) is 0 Å². The summed E-state index contributed by atoms with van der Waals surface area (Å²) in [5, 5.41) is 3.36. The molecule has 1 fully saturated rings. The third kappa shape index (κ3) is 2.88. The van der Waals surface area contributed by atoms with Gasteiger partial charge in [0.05, 0.1) is 0 Å². The van der Waals surface area contributed by atoms with Gasteiger partial charge in [0, 0.05) is 10.8 Å². The zero-order chi connectivity index (χ0) is 9.73. The van der Waals surface area contributed by atoms with Crippen molar-refractivity contribution in [2.45, 2.75) is 62.7 Å². The Bertz CT molecular complexity index is 147. The molecule has 0 aliphatic heterocycles. The van der Waals surface area contributed by atoms with Gasteiger partial charge in [0.15, 0.2) is 0 Å². The Labute approximate surface area is 88.1 Å². The number of unbranched alkanes of at least 4 members (excludes halogenated alkanes) is 3. The minimum atomic E-state index is 0.322. The summed E-state index contributed by atoms with van der Waals surface area (Å²) in [7, 11) is 2.06. The first-order valence-corrected chi connectivity index (χ1v) is 6.07. The number of hydrogen-bond acceptors (Lipinski definition) is 2. The molecule has 0 amide bonds. The molecule has 78 valence electrons. The topological polar surface area (TPSA) is 12.0 Å². The van der Waals surface area contributed by atoms with Crippen LogP contribution in [0.4, 0.5) is 0 Å². The standard InChI is InChI=1S/C11H23NS/c1-3-4-5-6-8-11(13)9-7-10(11)12-2/h10,12-13H,3-9H2,1-2H3/t10?,11-/m1/s1. The van der Waals surface area contributed by atoms with Crippen molar-refractivity contribution in [3.63, 3.8) is 0 Å². The van der Waals surface area contributed by atoms with E-state index >= 15 is 0 Å². The van der Waals surface area contributed by atoms with Gasteiger partial charge in [-0.1, -0.05) is 32.6 Å². The molecule has 1 rings (SSSR count). The van der Waals surface area contributed by atoms with E-state index in [0.717, 1.165) is 0 Å². The normalized spacial score (nSPS) is 33.0. The Morgan fingerprint density at radius 1 is 1.38 bits per heavy atom. The van der Waals surface area contributed by atoms with Gasteiger partial charge in [-0.25, -0.2) is 0 Å². The van der Waals surface area contributed by atoms with Crippen LogP contribution < -0.4 is 5.32 Å². The fraction of sp³-hybridized carbons (Fsp3) is 1.00. The summed E-state index contributed by atoms with van der Waals surface area (Å²) in [5.41, 5.74) is 0. The molecular formula is C11H23NS. The van der Waals surface area contributed by atoms with Gasteiger partial charge in [-0.3, -0.25) is 0 Å². The summed E-state index contributed by atoms with van der Waals surface area (Å²) in [6, 6.07) is 0.664. The third-order valence-electron chi connectivity index (χ3n) is 3.33. The minimum absolute atomic E-state index is 0.322. The predicted molar refractivity (Wildman–Crippen MR) is 62.6 cm³/mol. The Kier molecular flexibility index (Phi) is 4.60. The van der Waals surface area contributed by atoms with E-state index in [1.165, 1.54) is 44.9 Å². The number of nitrogens with one attached hydrogen (secondary N) is 1. The van der Waals surface area contributed by atoms with Crippen LogP contribution in [-0.2, 0) is 0 Å². The van der Waals surface area contributed by atoms with Crippen LogP contribution in [0.15, 0.2) is 0 Å². The van der Waals surface area contributed by atoms with E-state index in [9.17, 15) is 0 Å². The smallest absolute Gasteiger partial charge is 0.0283 e. The molecule has 1 unspecified atom stereocenters. The highest BCUT2D eigenvalue weighted by Crippen LogP contribution is 2.42. The second-order valence-electron chi connectivity index (χ2n) is 4.29. The molecule has 0 aromatic heterocycles. The molecule has 13 heavy (non-hydrogen) atoms. The van der Waals surface area contributed by atoms with Gasteiger partial charge < -0.3 is 5.32 Å². The van der Waals surface area contributed by atoms with Gasteiger partial charge in [-0.15, -0.1) is 0 Å². The van der Waals surface area contributed by atoms with E-state index in [2.05, 4.69) is 19.3 Å². The molecule has 0 heterocycles. The first-order valence-electron chi connectivity index (χ1n) is 5.62. The summed E-state index contributed by atoms with van der Waals surface area (Å²) in [6.07, 6.45) is 9.36. The van der Waals surface area contributed by atoms with Gasteiger partial charge in [0.25, 0.3) is 0 Å². The van der Waals surface area contributed by atoms with Crippen molar-refractivity contribution in [2.24, 2.45) is 0 Å². The summed E-state index contributed by atoms with van der Waals surface area (Å²) in [4.78, 5) is 0. The summed E-state index contributed by atoms with van der Waals surface area (Å²) in [5.74, 6) is 0. The van der Waals surface area contributed by atoms with E-state index < -0.39 is 0 Å². The first-order chi connectivity index (χ1) is 6.23. The van der Waals surface area contributed by atoms with Crippen molar-refractivity contribution < 1.29 is 0 Å². The van der Waals surface area contributed by atoms with Gasteiger partial charge in [-0.05, 0) is 26.3 Å². The summed E-state index contributed by atoms with van der Waals surface area (Å²) < 4.78 is 0.322. The van der Waals surface area contributed by atoms with Crippen LogP contribution in [0.25, 0.3) is 0 Å². The Balaban J connectivity index is 2.12. The van der Waals surface area contributed by atoms with Gasteiger partial charge >= 0.3 is 0 Å². The SMILES string of the molecule is CCCCCC[C@@]1(S)CCC1NC. The molecule has 0 saturated heterocycles. The second kappa shape index (κ2) is 5.26. The largest absolute Gasteiger partial charge is 0.316 e. The maximum absolute atomic E-state index is 4.79. The van der Waals surface area contributed by atoms with E-state index in [-0.39, 0.29) is 0 Å². The van der Waals surface area contributed by atoms with Crippen LogP contribution >= 0.6 is 12.6 Å². The van der Waals surface area contributed by atoms with E-state index in [1.807, 2.05) is 0 Å². The maximum atomic E-state index is 4.79. The molecule has 1 aliphatic rings. The monoisotopic (exact) mass is 201 g/mol. The van der Waals surface area contributed by atoms with Gasteiger partial charge in [-0.2, -0.15) is 12.6 Å². The first kappa shape index (κ1) is 11.4. The number of thiol groups is 1. The number of rotatable bonds is 6. The molecular weight excluding hydrogens is 178 g/mol. The zero-order valence-electron chi connectivity index (χ0n) is 8.97. The van der Waals surface area contributed by atoms with E-state index in [1.54, 1.807) is 0 Å². The second-order valence-corrected chi connectivity index (χ2v) is 5.18. The predicted octanol–water partition coefficient (Wildman–Crippen LogP) is 3.01. The molecule has 1 saturated carbocycles. The molecule has 2 atom stereocenters. The van der Waals surface area contributed by atoms with Crippen LogP contribution in [-0.4, -0.2) is 17.8 Å². The zero-order valence-corrected chi connectivity index (χ0v) is 9.87. The highest BCUT2D eigenvalue weighted by molar-refractivity contribution is 7.82. The molecule has 0 aromatic rings. The lowest BCUT2D eigenvalue weighted by Crippen LogP contribution is -2.54. The molecule has 2 heteroatoms. The quantitative estimate of drug-likeness (QED) is 0.497. The van der Waals surface area contributed by atoms with Crippen molar-refractivity contribution in [3.05, 3.63) is 0 Å². The average Bonchev–Trinajstić information content (AvgIpc) is 2.11. The minimum Gasteiger partial charge on any atom is -0.316 e. The molecule has 0 spiro atoms. The Morgan fingerprint density at radius 2 is 2.15 bits per heavy atom. The molecule has 0 bridgehead atoms. The van der Waals surface area contributed by atoms with E-state index in [0.29, 0.717) is 10.8 Å². The van der Waals surface area contributed by atoms with Crippen molar-refractivity contribution in [1.29, 1.82) is 0 Å². The molecule has 1 aliphatic carbocycles. The molecule has 0 radical (unpaired) electrons. The highest BCUT2D eigenvalue weighted by atomic mass is 32.1. The summed E-state index contributed by atoms with van der Waals surface area (Å²) >= 11 is 4.79. The highest BCUT2D eigenvalue weighted by Gasteiger charge is 2.41. The van der Waals surface area contributed by atoms with Crippen LogP contribution in [0.2, 0.25) is 0 Å². The lowest BCUT2D eigenvalue weighted by molar-refractivity contribution is 0.243. The lowest BCUT2D eigenvalue weighted by Gasteiger charge is -2.46. The average molecular weight is 201 g/mol. The van der Waals surface area contributed by atoms with Crippen LogP contribution in [0, 0.1) is 0 Å². The Morgan fingerprint density at radius 3 is 2.62 bits per heavy atom. The van der Waals surface area contributed by atoms with Crippen molar-refractivity contribution in [1.82, 2.24) is 5.32 Å². The fourth-order valence-electron chi connectivity index (χ4n) is 2.19. The van der Waals surface area contributed by atoms with Crippen molar-refractivity contribution in [2.75, 3.05) is 7.05 Å². The van der Waals surface area contributed by atoms with Crippen molar-refractivity contribution >= 4 is 12.6 Å². The van der Waals surface area contributed by atoms with Crippen LogP contribution in [0.5, 0.6) is 0 Å². The van der Waals surface area contributed by atoms with Crippen molar-refractivity contribution in [3.8, 4) is 0 Å². The number of hydrogen-bond donors (Lipinski definition) is 2. The molecule has 1 N–H and O–H groups in total. The third-order valence-corrected chi connectivity index (χ3v) is 4.09. The fourth-order valence-corrected chi connectivity index (χ4v) is 2.74. The van der Waals surface area contributed by atoms with Crippen LogP contribution in [0.3, 0.4) is 0 Å².